The van der Waals surface area contributed by atoms with Crippen LogP contribution in [-0.4, -0.2) is 46.6 Å². The molecule has 1 aromatic heterocycles. The Morgan fingerprint density at radius 2 is 1.93 bits per heavy atom. The van der Waals surface area contributed by atoms with Gasteiger partial charge in [-0.1, -0.05) is 15.9 Å². The van der Waals surface area contributed by atoms with E-state index in [4.69, 9.17) is 18.9 Å². The van der Waals surface area contributed by atoms with Gasteiger partial charge in [-0.3, -0.25) is 0 Å². The Kier molecular flexibility index (Phi) is 5.14. The molecule has 0 atom stereocenters. The minimum absolute atomic E-state index is 0.00672. The molecule has 7 nitrogen and oxygen atoms in total. The summed E-state index contributed by atoms with van der Waals surface area (Å²) in [5, 5.41) is 5.21. The molecule has 2 heterocycles. The number of hydrogen-bond acceptors (Lipinski definition) is 6. The molecule has 0 amide bonds. The summed E-state index contributed by atoms with van der Waals surface area (Å²) in [6.07, 6.45) is 2.71. The van der Waals surface area contributed by atoms with Crippen molar-refractivity contribution in [1.82, 2.24) is 9.78 Å². The SMILES string of the molecule is CC(C)(C)OC(=O)n1nc(OC2CCC3(CC2)OCCO3)c2ccc(Br)cc21. The summed E-state index contributed by atoms with van der Waals surface area (Å²) in [4.78, 5) is 12.6. The highest BCUT2D eigenvalue weighted by molar-refractivity contribution is 9.10. The van der Waals surface area contributed by atoms with Crippen molar-refractivity contribution in [1.29, 1.82) is 0 Å². The van der Waals surface area contributed by atoms with Crippen molar-refractivity contribution in [3.8, 4) is 5.88 Å². The lowest BCUT2D eigenvalue weighted by Crippen LogP contribution is -2.38. The molecule has 28 heavy (non-hydrogen) atoms. The van der Waals surface area contributed by atoms with E-state index in [-0.39, 0.29) is 6.10 Å². The maximum Gasteiger partial charge on any atom is 0.435 e. The van der Waals surface area contributed by atoms with Crippen molar-refractivity contribution in [3.05, 3.63) is 22.7 Å². The van der Waals surface area contributed by atoms with Gasteiger partial charge in [0.05, 0.1) is 24.1 Å². The molecule has 4 rings (SSSR count). The molecule has 152 valence electrons. The van der Waals surface area contributed by atoms with Crippen LogP contribution in [0.5, 0.6) is 5.88 Å². The second-order valence-corrected chi connectivity index (χ2v) is 9.20. The second kappa shape index (κ2) is 7.31. The Balaban J connectivity index is 1.56. The third kappa shape index (κ3) is 4.04. The van der Waals surface area contributed by atoms with Crippen LogP contribution in [0.2, 0.25) is 0 Å². The maximum absolute atomic E-state index is 12.6. The zero-order chi connectivity index (χ0) is 19.9. The monoisotopic (exact) mass is 452 g/mol. The Hall–Kier alpha value is -1.64. The van der Waals surface area contributed by atoms with Gasteiger partial charge in [0, 0.05) is 17.3 Å². The highest BCUT2D eigenvalue weighted by Gasteiger charge is 2.41. The van der Waals surface area contributed by atoms with Crippen LogP contribution in [0.1, 0.15) is 46.5 Å². The van der Waals surface area contributed by atoms with Crippen molar-refractivity contribution in [3.63, 3.8) is 0 Å². The van der Waals surface area contributed by atoms with Crippen LogP contribution in [-0.2, 0) is 14.2 Å². The third-order valence-electron chi connectivity index (χ3n) is 4.96. The van der Waals surface area contributed by atoms with Crippen LogP contribution >= 0.6 is 15.9 Å². The third-order valence-corrected chi connectivity index (χ3v) is 5.46. The molecule has 2 aliphatic rings. The summed E-state index contributed by atoms with van der Waals surface area (Å²) in [7, 11) is 0. The van der Waals surface area contributed by atoms with Crippen LogP contribution in [0, 0.1) is 0 Å². The number of aromatic nitrogens is 2. The predicted octanol–water partition coefficient (Wildman–Crippen LogP) is 4.65. The van der Waals surface area contributed by atoms with Crippen LogP contribution < -0.4 is 4.74 Å². The number of carbonyl (C=O) groups is 1. The minimum atomic E-state index is -0.610. The number of benzene rings is 1. The van der Waals surface area contributed by atoms with E-state index in [1.54, 1.807) is 0 Å². The molecular weight excluding hydrogens is 428 g/mol. The Bertz CT molecular complexity index is 873. The summed E-state index contributed by atoms with van der Waals surface area (Å²) in [5.74, 6) is 0.0189. The van der Waals surface area contributed by atoms with E-state index in [0.29, 0.717) is 24.6 Å². The number of rotatable bonds is 2. The first-order chi connectivity index (χ1) is 13.2. The fourth-order valence-electron chi connectivity index (χ4n) is 3.68. The summed E-state index contributed by atoms with van der Waals surface area (Å²) in [5.41, 5.74) is 0.0369. The van der Waals surface area contributed by atoms with Crippen molar-refractivity contribution in [2.75, 3.05) is 13.2 Å². The Morgan fingerprint density at radius 3 is 2.57 bits per heavy atom. The number of halogens is 1. The summed E-state index contributed by atoms with van der Waals surface area (Å²) >= 11 is 3.46. The van der Waals surface area contributed by atoms with Crippen LogP contribution in [0.3, 0.4) is 0 Å². The lowest BCUT2D eigenvalue weighted by Gasteiger charge is -2.35. The lowest BCUT2D eigenvalue weighted by molar-refractivity contribution is -0.186. The zero-order valence-corrected chi connectivity index (χ0v) is 18.0. The van der Waals surface area contributed by atoms with Gasteiger partial charge in [0.25, 0.3) is 0 Å². The quantitative estimate of drug-likeness (QED) is 0.660. The molecule has 2 fully saturated rings. The van der Waals surface area contributed by atoms with Crippen LogP contribution in [0.25, 0.3) is 10.9 Å². The lowest BCUT2D eigenvalue weighted by atomic mass is 9.92. The maximum atomic E-state index is 12.6. The smallest absolute Gasteiger partial charge is 0.435 e. The molecule has 1 aliphatic heterocycles. The van der Waals surface area contributed by atoms with E-state index >= 15 is 0 Å². The van der Waals surface area contributed by atoms with Crippen LogP contribution in [0.15, 0.2) is 22.7 Å². The first kappa shape index (κ1) is 19.7. The second-order valence-electron chi connectivity index (χ2n) is 8.28. The number of fused-ring (bicyclic) bond motifs is 1. The van der Waals surface area contributed by atoms with Gasteiger partial charge in [-0.25, -0.2) is 4.79 Å². The molecule has 2 aromatic rings. The molecular formula is C20H25BrN2O5. The fourth-order valence-corrected chi connectivity index (χ4v) is 4.03. The molecule has 0 unspecified atom stereocenters. The van der Waals surface area contributed by atoms with Crippen molar-refractivity contribution >= 4 is 32.9 Å². The normalized spacial score (nSPS) is 20.0. The fraction of sp³-hybridized carbons (Fsp3) is 0.600. The van der Waals surface area contributed by atoms with E-state index in [1.165, 1.54) is 4.68 Å². The van der Waals surface area contributed by atoms with Gasteiger partial charge in [-0.15, -0.1) is 5.10 Å². The number of nitrogens with zero attached hydrogens (tertiary/aromatic N) is 2. The predicted molar refractivity (Wildman–Crippen MR) is 107 cm³/mol. The van der Waals surface area contributed by atoms with Gasteiger partial charge < -0.3 is 18.9 Å². The number of ether oxygens (including phenoxy) is 4. The zero-order valence-electron chi connectivity index (χ0n) is 16.4. The van der Waals surface area contributed by atoms with Crippen molar-refractivity contribution in [2.24, 2.45) is 0 Å². The first-order valence-electron chi connectivity index (χ1n) is 9.61. The minimum Gasteiger partial charge on any atom is -0.473 e. The number of hydrogen-bond donors (Lipinski definition) is 0. The summed E-state index contributed by atoms with van der Waals surface area (Å²) < 4.78 is 25.4. The van der Waals surface area contributed by atoms with Gasteiger partial charge in [0.15, 0.2) is 5.79 Å². The molecule has 0 radical (unpaired) electrons. The van der Waals surface area contributed by atoms with E-state index in [1.807, 2.05) is 39.0 Å². The summed E-state index contributed by atoms with van der Waals surface area (Å²) in [6, 6.07) is 5.65. The molecule has 1 aliphatic carbocycles. The van der Waals surface area contributed by atoms with Crippen molar-refractivity contribution in [2.45, 2.75) is 63.9 Å². The average Bonchev–Trinajstić information content (AvgIpc) is 3.21. The van der Waals surface area contributed by atoms with Gasteiger partial charge in [-0.05, 0) is 51.8 Å². The first-order valence-corrected chi connectivity index (χ1v) is 10.4. The van der Waals surface area contributed by atoms with Gasteiger partial charge in [0.1, 0.15) is 11.7 Å². The Labute approximate surface area is 172 Å². The molecule has 1 saturated carbocycles. The highest BCUT2D eigenvalue weighted by Crippen LogP contribution is 2.38. The highest BCUT2D eigenvalue weighted by atomic mass is 79.9. The molecule has 1 spiro atoms. The number of carbonyl (C=O) groups excluding carboxylic acids is 1. The van der Waals surface area contributed by atoms with Crippen LogP contribution in [0.4, 0.5) is 4.79 Å². The molecule has 0 bridgehead atoms. The molecule has 1 aromatic carbocycles. The standard InChI is InChI=1S/C20H25BrN2O5/c1-19(2,3)28-18(24)23-16-12-13(21)4-5-15(16)17(22-23)27-14-6-8-20(9-7-14)25-10-11-26-20/h4-5,12,14H,6-11H2,1-3H3. The average molecular weight is 453 g/mol. The largest absolute Gasteiger partial charge is 0.473 e. The van der Waals surface area contributed by atoms with E-state index in [0.717, 1.165) is 35.5 Å². The Morgan fingerprint density at radius 1 is 1.25 bits per heavy atom. The van der Waals surface area contributed by atoms with E-state index < -0.39 is 17.5 Å². The topological polar surface area (TPSA) is 71.8 Å². The molecule has 0 N–H and O–H groups in total. The van der Waals surface area contributed by atoms with E-state index in [2.05, 4.69) is 21.0 Å². The van der Waals surface area contributed by atoms with Crippen molar-refractivity contribution < 1.29 is 23.7 Å². The van der Waals surface area contributed by atoms with E-state index in [9.17, 15) is 4.79 Å². The molecule has 1 saturated heterocycles. The van der Waals surface area contributed by atoms with Gasteiger partial charge in [0.2, 0.25) is 5.88 Å². The van der Waals surface area contributed by atoms with Gasteiger partial charge >= 0.3 is 6.09 Å². The molecule has 8 heteroatoms. The summed E-state index contributed by atoms with van der Waals surface area (Å²) in [6.45, 7) is 6.80. The van der Waals surface area contributed by atoms with Gasteiger partial charge in [-0.2, -0.15) is 4.68 Å².